The summed E-state index contributed by atoms with van der Waals surface area (Å²) in [6.45, 7) is 1.99. The molecule has 0 saturated carbocycles. The number of amides is 2. The molecule has 2 amide bonds. The van der Waals surface area contributed by atoms with E-state index in [1.54, 1.807) is 6.92 Å². The number of nitrogens with one attached hydrogen (secondary N) is 2. The lowest BCUT2D eigenvalue weighted by molar-refractivity contribution is -0.127. The summed E-state index contributed by atoms with van der Waals surface area (Å²) in [5.74, 6) is -2.08. The Balaban J connectivity index is 1.94. The van der Waals surface area contributed by atoms with Crippen molar-refractivity contribution in [3.05, 3.63) is 35.4 Å². The zero-order valence-electron chi connectivity index (χ0n) is 11.1. The van der Waals surface area contributed by atoms with E-state index in [1.807, 2.05) is 0 Å². The second-order valence-electron chi connectivity index (χ2n) is 5.02. The third-order valence-corrected chi connectivity index (χ3v) is 3.31. The molecule has 0 radical (unpaired) electrons. The van der Waals surface area contributed by atoms with Crippen molar-refractivity contribution in [2.75, 3.05) is 6.54 Å². The second-order valence-corrected chi connectivity index (χ2v) is 5.02. The van der Waals surface area contributed by atoms with Gasteiger partial charge in [-0.2, -0.15) is 0 Å². The molecule has 20 heavy (non-hydrogen) atoms. The van der Waals surface area contributed by atoms with Gasteiger partial charge in [-0.25, -0.2) is 8.78 Å². The molecule has 1 saturated heterocycles. The van der Waals surface area contributed by atoms with Gasteiger partial charge in [0.1, 0.15) is 11.6 Å². The predicted molar refractivity (Wildman–Crippen MR) is 68.8 cm³/mol. The second kappa shape index (κ2) is 5.98. The first-order chi connectivity index (χ1) is 9.47. The van der Waals surface area contributed by atoms with E-state index in [0.29, 0.717) is 6.54 Å². The van der Waals surface area contributed by atoms with Crippen LogP contribution in [0.2, 0.25) is 0 Å². The molecule has 1 fully saturated rings. The van der Waals surface area contributed by atoms with E-state index in [2.05, 4.69) is 10.6 Å². The third kappa shape index (κ3) is 3.31. The van der Waals surface area contributed by atoms with Crippen molar-refractivity contribution in [1.82, 2.24) is 10.6 Å². The molecule has 2 rings (SSSR count). The third-order valence-electron chi connectivity index (χ3n) is 3.31. The predicted octanol–water partition coefficient (Wildman–Crippen LogP) is 1.15. The Hall–Kier alpha value is -1.98. The first-order valence-corrected chi connectivity index (χ1v) is 6.47. The highest BCUT2D eigenvalue weighted by atomic mass is 19.1. The van der Waals surface area contributed by atoms with Crippen LogP contribution in [0.3, 0.4) is 0 Å². The van der Waals surface area contributed by atoms with Crippen LogP contribution in [0.25, 0.3) is 0 Å². The lowest BCUT2D eigenvalue weighted by Crippen LogP contribution is -2.39. The van der Waals surface area contributed by atoms with Gasteiger partial charge in [0.05, 0.1) is 5.92 Å². The number of hydrogen-bond acceptors (Lipinski definition) is 2. The molecule has 2 unspecified atom stereocenters. The van der Waals surface area contributed by atoms with Crippen molar-refractivity contribution >= 4 is 11.8 Å². The lowest BCUT2D eigenvalue weighted by atomic mass is 10.0. The maximum Gasteiger partial charge on any atom is 0.225 e. The van der Waals surface area contributed by atoms with Gasteiger partial charge in [0.15, 0.2) is 0 Å². The van der Waals surface area contributed by atoms with Crippen LogP contribution < -0.4 is 10.6 Å². The smallest absolute Gasteiger partial charge is 0.225 e. The van der Waals surface area contributed by atoms with Crippen molar-refractivity contribution < 1.29 is 18.4 Å². The minimum Gasteiger partial charge on any atom is -0.355 e. The van der Waals surface area contributed by atoms with Gasteiger partial charge >= 0.3 is 0 Å². The number of carbonyl (C=O) groups is 2. The minimum atomic E-state index is -0.621. The van der Waals surface area contributed by atoms with E-state index in [1.165, 1.54) is 18.2 Å². The summed E-state index contributed by atoms with van der Waals surface area (Å²) in [5.41, 5.74) is -0.0408. The number of rotatable bonds is 4. The van der Waals surface area contributed by atoms with Crippen LogP contribution >= 0.6 is 0 Å². The first-order valence-electron chi connectivity index (χ1n) is 6.47. The quantitative estimate of drug-likeness (QED) is 0.870. The zero-order valence-corrected chi connectivity index (χ0v) is 11.1. The van der Waals surface area contributed by atoms with E-state index in [-0.39, 0.29) is 30.2 Å². The van der Waals surface area contributed by atoms with E-state index >= 15 is 0 Å². The topological polar surface area (TPSA) is 58.2 Å². The molecule has 1 heterocycles. The Bertz CT molecular complexity index is 514. The van der Waals surface area contributed by atoms with Crippen LogP contribution in [0.1, 0.15) is 18.9 Å². The van der Waals surface area contributed by atoms with Crippen molar-refractivity contribution in [3.8, 4) is 0 Å². The molecule has 1 aliphatic heterocycles. The molecule has 0 aromatic heterocycles. The Kier molecular flexibility index (Phi) is 4.32. The van der Waals surface area contributed by atoms with E-state index in [9.17, 15) is 18.4 Å². The van der Waals surface area contributed by atoms with Crippen LogP contribution in [0.5, 0.6) is 0 Å². The van der Waals surface area contributed by atoms with Crippen molar-refractivity contribution in [2.24, 2.45) is 5.92 Å². The summed E-state index contributed by atoms with van der Waals surface area (Å²) in [4.78, 5) is 22.9. The Morgan fingerprint density at radius 3 is 2.65 bits per heavy atom. The largest absolute Gasteiger partial charge is 0.355 e. The van der Waals surface area contributed by atoms with Gasteiger partial charge in [0.25, 0.3) is 0 Å². The highest BCUT2D eigenvalue weighted by Gasteiger charge is 2.28. The van der Waals surface area contributed by atoms with Gasteiger partial charge in [-0.3, -0.25) is 9.59 Å². The summed E-state index contributed by atoms with van der Waals surface area (Å²) in [6, 6.07) is 3.26. The van der Waals surface area contributed by atoms with E-state index < -0.39 is 23.6 Å². The van der Waals surface area contributed by atoms with Crippen LogP contribution in [0, 0.1) is 17.6 Å². The molecule has 0 aliphatic carbocycles. The molecule has 2 N–H and O–H groups in total. The lowest BCUT2D eigenvalue weighted by Gasteiger charge is -2.17. The van der Waals surface area contributed by atoms with Crippen molar-refractivity contribution in [1.29, 1.82) is 0 Å². The molecule has 0 spiro atoms. The van der Waals surface area contributed by atoms with Crippen LogP contribution in [0.4, 0.5) is 8.78 Å². The van der Waals surface area contributed by atoms with Crippen LogP contribution in [-0.4, -0.2) is 24.4 Å². The van der Waals surface area contributed by atoms with E-state index in [0.717, 1.165) is 0 Å². The number of halogens is 2. The fourth-order valence-electron chi connectivity index (χ4n) is 2.24. The number of benzene rings is 1. The van der Waals surface area contributed by atoms with Gasteiger partial charge in [0, 0.05) is 24.6 Å². The van der Waals surface area contributed by atoms with Crippen LogP contribution in [-0.2, 0) is 16.0 Å². The molecule has 108 valence electrons. The van der Waals surface area contributed by atoms with Gasteiger partial charge < -0.3 is 10.6 Å². The summed E-state index contributed by atoms with van der Waals surface area (Å²) in [5, 5.41) is 5.25. The number of hydrogen-bond donors (Lipinski definition) is 2. The molecular formula is C14H16F2N2O2. The van der Waals surface area contributed by atoms with Crippen molar-refractivity contribution in [3.63, 3.8) is 0 Å². The van der Waals surface area contributed by atoms with Gasteiger partial charge in [0.2, 0.25) is 11.8 Å². The Labute approximate surface area is 115 Å². The summed E-state index contributed by atoms with van der Waals surface area (Å²) in [7, 11) is 0. The summed E-state index contributed by atoms with van der Waals surface area (Å²) in [6.07, 6.45) is 0.227. The van der Waals surface area contributed by atoms with Crippen molar-refractivity contribution in [2.45, 2.75) is 25.8 Å². The highest BCUT2D eigenvalue weighted by Crippen LogP contribution is 2.15. The van der Waals surface area contributed by atoms with E-state index in [4.69, 9.17) is 0 Å². The standard InChI is InChI=1S/C14H16F2N2O2/c1-8(5-10-11(15)3-2-4-12(10)16)18-14(20)9-6-13(19)17-7-9/h2-4,8-9H,5-7H2,1H3,(H,17,19)(H,18,20). The normalized spacial score (nSPS) is 19.6. The SMILES string of the molecule is CC(Cc1c(F)cccc1F)NC(=O)C1CNC(=O)C1. The molecule has 1 aromatic carbocycles. The molecule has 1 aliphatic rings. The first kappa shape index (κ1) is 14.4. The molecular weight excluding hydrogens is 266 g/mol. The molecule has 0 bridgehead atoms. The molecule has 1 aromatic rings. The van der Waals surface area contributed by atoms with Crippen LogP contribution in [0.15, 0.2) is 18.2 Å². The summed E-state index contributed by atoms with van der Waals surface area (Å²) >= 11 is 0. The maximum absolute atomic E-state index is 13.5. The fraction of sp³-hybridized carbons (Fsp3) is 0.429. The minimum absolute atomic E-state index is 0.0408. The van der Waals surface area contributed by atoms with Gasteiger partial charge in [-0.05, 0) is 25.5 Å². The zero-order chi connectivity index (χ0) is 14.7. The number of carbonyl (C=O) groups excluding carboxylic acids is 2. The Morgan fingerprint density at radius 2 is 2.10 bits per heavy atom. The average molecular weight is 282 g/mol. The van der Waals surface area contributed by atoms with Gasteiger partial charge in [-0.1, -0.05) is 6.07 Å². The van der Waals surface area contributed by atoms with Gasteiger partial charge in [-0.15, -0.1) is 0 Å². The Morgan fingerprint density at radius 1 is 1.45 bits per heavy atom. The maximum atomic E-state index is 13.5. The molecule has 4 nitrogen and oxygen atoms in total. The monoisotopic (exact) mass is 282 g/mol. The molecule has 2 atom stereocenters. The average Bonchev–Trinajstić information content (AvgIpc) is 2.81. The fourth-order valence-corrected chi connectivity index (χ4v) is 2.24. The summed E-state index contributed by atoms with van der Waals surface area (Å²) < 4.78 is 27.0. The molecule has 6 heteroatoms. The highest BCUT2D eigenvalue weighted by molar-refractivity contribution is 5.89.